The zero-order valence-corrected chi connectivity index (χ0v) is 14.2. The molecule has 118 valence electrons. The van der Waals surface area contributed by atoms with Gasteiger partial charge in [0.2, 0.25) is 0 Å². The number of nitrogens with one attached hydrogen (secondary N) is 1. The van der Waals surface area contributed by atoms with E-state index < -0.39 is 0 Å². The summed E-state index contributed by atoms with van der Waals surface area (Å²) in [6, 6.07) is 10.6. The quantitative estimate of drug-likeness (QED) is 0.751. The Labute approximate surface area is 138 Å². The molecule has 0 amide bonds. The third-order valence-electron chi connectivity index (χ3n) is 3.33. The van der Waals surface area contributed by atoms with Crippen molar-refractivity contribution in [3.05, 3.63) is 57.8 Å². The van der Waals surface area contributed by atoms with Gasteiger partial charge in [0.05, 0.1) is 18.7 Å². The Hall–Kier alpha value is -1.59. The number of hydrogen-bond acceptors (Lipinski definition) is 3. The molecular weight excluding hydrogens is 349 g/mol. The van der Waals surface area contributed by atoms with Crippen molar-refractivity contribution in [1.29, 1.82) is 0 Å². The van der Waals surface area contributed by atoms with Gasteiger partial charge in [-0.2, -0.15) is 0 Å². The van der Waals surface area contributed by atoms with E-state index in [1.165, 1.54) is 12.1 Å². The summed E-state index contributed by atoms with van der Waals surface area (Å²) >= 11 is 3.48. The minimum absolute atomic E-state index is 0.202. The molecule has 0 saturated carbocycles. The van der Waals surface area contributed by atoms with Crippen molar-refractivity contribution in [2.45, 2.75) is 13.0 Å². The third kappa shape index (κ3) is 4.45. The Kier molecular flexibility index (Phi) is 6.21. The van der Waals surface area contributed by atoms with Crippen LogP contribution in [0.15, 0.2) is 40.9 Å². The minimum Gasteiger partial charge on any atom is -0.493 e. The van der Waals surface area contributed by atoms with Gasteiger partial charge in [-0.05, 0) is 64.3 Å². The molecule has 0 aliphatic heterocycles. The molecule has 0 fully saturated rings. The van der Waals surface area contributed by atoms with Crippen molar-refractivity contribution >= 4 is 15.9 Å². The summed E-state index contributed by atoms with van der Waals surface area (Å²) < 4.78 is 24.3. The molecule has 0 aliphatic rings. The van der Waals surface area contributed by atoms with E-state index in [1.807, 2.05) is 24.3 Å². The number of methoxy groups -OCH3 is 2. The third-order valence-corrected chi connectivity index (χ3v) is 3.92. The van der Waals surface area contributed by atoms with Crippen LogP contribution in [-0.2, 0) is 13.0 Å². The average molecular weight is 368 g/mol. The van der Waals surface area contributed by atoms with Gasteiger partial charge in [-0.1, -0.05) is 12.1 Å². The van der Waals surface area contributed by atoms with Gasteiger partial charge in [-0.25, -0.2) is 4.39 Å². The van der Waals surface area contributed by atoms with E-state index in [9.17, 15) is 4.39 Å². The molecule has 0 radical (unpaired) electrons. The molecule has 0 bridgehead atoms. The van der Waals surface area contributed by atoms with Crippen molar-refractivity contribution < 1.29 is 13.9 Å². The highest BCUT2D eigenvalue weighted by Crippen LogP contribution is 2.36. The number of halogens is 2. The molecule has 2 aromatic rings. The Balaban J connectivity index is 1.89. The van der Waals surface area contributed by atoms with Crippen LogP contribution >= 0.6 is 15.9 Å². The number of ether oxygens (including phenoxy) is 2. The Morgan fingerprint density at radius 1 is 1.05 bits per heavy atom. The van der Waals surface area contributed by atoms with Crippen molar-refractivity contribution in [3.8, 4) is 11.5 Å². The van der Waals surface area contributed by atoms with Crippen LogP contribution in [0.5, 0.6) is 11.5 Å². The predicted octanol–water partition coefficient (Wildman–Crippen LogP) is 3.94. The number of rotatable bonds is 7. The Bertz CT molecular complexity index is 617. The maximum Gasteiger partial charge on any atom is 0.174 e. The van der Waals surface area contributed by atoms with Crippen molar-refractivity contribution in [2.24, 2.45) is 0 Å². The maximum atomic E-state index is 12.8. The average Bonchev–Trinajstić information content (AvgIpc) is 2.52. The van der Waals surface area contributed by atoms with Gasteiger partial charge in [0.15, 0.2) is 11.5 Å². The van der Waals surface area contributed by atoms with E-state index in [0.29, 0.717) is 11.5 Å². The van der Waals surface area contributed by atoms with Gasteiger partial charge in [0.25, 0.3) is 0 Å². The summed E-state index contributed by atoms with van der Waals surface area (Å²) in [5.74, 6) is 1.19. The van der Waals surface area contributed by atoms with Gasteiger partial charge in [-0.15, -0.1) is 0 Å². The molecular formula is C17H19BrFNO2. The predicted molar refractivity (Wildman–Crippen MR) is 89.1 cm³/mol. The lowest BCUT2D eigenvalue weighted by Crippen LogP contribution is -2.16. The first-order valence-electron chi connectivity index (χ1n) is 6.99. The second-order valence-corrected chi connectivity index (χ2v) is 5.72. The normalized spacial score (nSPS) is 10.5. The SMILES string of the molecule is COc1cc(CNCCc2ccc(F)cc2)cc(Br)c1OC. The fourth-order valence-electron chi connectivity index (χ4n) is 2.19. The first kappa shape index (κ1) is 16.8. The van der Waals surface area contributed by atoms with Gasteiger partial charge < -0.3 is 14.8 Å². The van der Waals surface area contributed by atoms with Crippen molar-refractivity contribution in [3.63, 3.8) is 0 Å². The van der Waals surface area contributed by atoms with Crippen LogP contribution in [0.25, 0.3) is 0 Å². The maximum absolute atomic E-state index is 12.8. The molecule has 22 heavy (non-hydrogen) atoms. The van der Waals surface area contributed by atoms with Crippen LogP contribution in [0, 0.1) is 5.82 Å². The fourth-order valence-corrected chi connectivity index (χ4v) is 2.84. The molecule has 1 N–H and O–H groups in total. The van der Waals surface area contributed by atoms with Crippen LogP contribution in [0.2, 0.25) is 0 Å². The summed E-state index contributed by atoms with van der Waals surface area (Å²) in [4.78, 5) is 0. The molecule has 0 atom stereocenters. The van der Waals surface area contributed by atoms with Crippen LogP contribution in [-0.4, -0.2) is 20.8 Å². The molecule has 0 unspecified atom stereocenters. The summed E-state index contributed by atoms with van der Waals surface area (Å²) in [6.07, 6.45) is 0.856. The van der Waals surface area contributed by atoms with Gasteiger partial charge in [0, 0.05) is 6.54 Å². The van der Waals surface area contributed by atoms with E-state index >= 15 is 0 Å². The molecule has 5 heteroatoms. The minimum atomic E-state index is -0.202. The highest BCUT2D eigenvalue weighted by Gasteiger charge is 2.10. The largest absolute Gasteiger partial charge is 0.493 e. The molecule has 2 aromatic carbocycles. The topological polar surface area (TPSA) is 30.5 Å². The molecule has 2 rings (SSSR count). The molecule has 3 nitrogen and oxygen atoms in total. The summed E-state index contributed by atoms with van der Waals surface area (Å²) in [5, 5.41) is 3.37. The van der Waals surface area contributed by atoms with Crippen LogP contribution in [0.3, 0.4) is 0 Å². The highest BCUT2D eigenvalue weighted by atomic mass is 79.9. The number of benzene rings is 2. The molecule has 0 spiro atoms. The van der Waals surface area contributed by atoms with Crippen LogP contribution in [0.4, 0.5) is 4.39 Å². The first-order chi connectivity index (χ1) is 10.6. The second-order valence-electron chi connectivity index (χ2n) is 4.87. The van der Waals surface area contributed by atoms with Crippen LogP contribution < -0.4 is 14.8 Å². The van der Waals surface area contributed by atoms with Crippen molar-refractivity contribution in [1.82, 2.24) is 5.32 Å². The fraction of sp³-hybridized carbons (Fsp3) is 0.294. The molecule has 0 saturated heterocycles. The highest BCUT2D eigenvalue weighted by molar-refractivity contribution is 9.10. The molecule has 0 aliphatic carbocycles. The van der Waals surface area contributed by atoms with Gasteiger partial charge in [-0.3, -0.25) is 0 Å². The van der Waals surface area contributed by atoms with E-state index in [1.54, 1.807) is 14.2 Å². The summed E-state index contributed by atoms with van der Waals surface area (Å²) in [7, 11) is 3.24. The zero-order chi connectivity index (χ0) is 15.9. The molecule has 0 aromatic heterocycles. The monoisotopic (exact) mass is 367 g/mol. The molecule has 0 heterocycles. The van der Waals surface area contributed by atoms with Crippen LogP contribution in [0.1, 0.15) is 11.1 Å². The standard InChI is InChI=1S/C17H19BrFNO2/c1-21-16-10-13(9-15(18)17(16)22-2)11-20-8-7-12-3-5-14(19)6-4-12/h3-6,9-10,20H,7-8,11H2,1-2H3. The zero-order valence-electron chi connectivity index (χ0n) is 12.7. The Morgan fingerprint density at radius 3 is 2.41 bits per heavy atom. The number of hydrogen-bond donors (Lipinski definition) is 1. The van der Waals surface area contributed by atoms with E-state index in [4.69, 9.17) is 9.47 Å². The second kappa shape index (κ2) is 8.15. The lowest BCUT2D eigenvalue weighted by Gasteiger charge is -2.12. The lowest BCUT2D eigenvalue weighted by molar-refractivity contribution is 0.352. The van der Waals surface area contributed by atoms with Crippen molar-refractivity contribution in [2.75, 3.05) is 20.8 Å². The smallest absolute Gasteiger partial charge is 0.174 e. The Morgan fingerprint density at radius 2 is 1.77 bits per heavy atom. The summed E-state index contributed by atoms with van der Waals surface area (Å²) in [5.41, 5.74) is 2.21. The van der Waals surface area contributed by atoms with E-state index in [-0.39, 0.29) is 5.82 Å². The van der Waals surface area contributed by atoms with Gasteiger partial charge >= 0.3 is 0 Å². The first-order valence-corrected chi connectivity index (χ1v) is 7.79. The summed E-state index contributed by atoms with van der Waals surface area (Å²) in [6.45, 7) is 1.54. The van der Waals surface area contributed by atoms with E-state index in [0.717, 1.165) is 35.1 Å². The lowest BCUT2D eigenvalue weighted by atomic mass is 10.1. The van der Waals surface area contributed by atoms with Gasteiger partial charge in [0.1, 0.15) is 5.82 Å². The van der Waals surface area contributed by atoms with E-state index in [2.05, 4.69) is 21.2 Å².